The highest BCUT2D eigenvalue weighted by Crippen LogP contribution is 2.27. The van der Waals surface area contributed by atoms with Crippen LogP contribution in [0.2, 0.25) is 0 Å². The molecule has 1 aliphatic rings. The molecule has 1 saturated heterocycles. The zero-order chi connectivity index (χ0) is 9.19. The topological polar surface area (TPSA) is 54.4 Å². The molecule has 1 heterocycles. The number of hydrogen-bond donors (Lipinski definition) is 1. The number of rotatable bonds is 3. The lowest BCUT2D eigenvalue weighted by Gasteiger charge is -2.17. The first-order chi connectivity index (χ1) is 5.59. The quantitative estimate of drug-likeness (QED) is 0.706. The van der Waals surface area contributed by atoms with Gasteiger partial charge in [-0.2, -0.15) is 0 Å². The Morgan fingerprint density at radius 3 is 2.58 bits per heavy atom. The highest BCUT2D eigenvalue weighted by molar-refractivity contribution is 7.91. The van der Waals surface area contributed by atoms with Crippen molar-refractivity contribution in [3.63, 3.8) is 0 Å². The summed E-state index contributed by atoms with van der Waals surface area (Å²) in [6.45, 7) is 2.11. The van der Waals surface area contributed by atoms with Crippen molar-refractivity contribution in [1.82, 2.24) is 0 Å². The van der Waals surface area contributed by atoms with Gasteiger partial charge in [0.25, 0.3) is 0 Å². The second-order valence-corrected chi connectivity index (χ2v) is 5.74. The molecule has 0 aromatic carbocycles. The molecule has 12 heavy (non-hydrogen) atoms. The third-order valence-corrected chi connectivity index (χ3v) is 4.49. The highest BCUT2D eigenvalue weighted by atomic mass is 32.2. The predicted molar refractivity (Wildman–Crippen MR) is 47.6 cm³/mol. The Balaban J connectivity index is 2.56. The lowest BCUT2D eigenvalue weighted by molar-refractivity contribution is 0.180. The third kappa shape index (κ3) is 2.20. The second kappa shape index (κ2) is 3.75. The van der Waals surface area contributed by atoms with Crippen molar-refractivity contribution in [2.45, 2.75) is 19.8 Å². The fourth-order valence-corrected chi connectivity index (χ4v) is 3.73. The fraction of sp³-hybridized carbons (Fsp3) is 1.00. The summed E-state index contributed by atoms with van der Waals surface area (Å²) in [4.78, 5) is 0. The molecule has 2 unspecified atom stereocenters. The molecule has 3 nitrogen and oxygen atoms in total. The van der Waals surface area contributed by atoms with Gasteiger partial charge in [-0.15, -0.1) is 0 Å². The van der Waals surface area contributed by atoms with E-state index in [0.29, 0.717) is 5.75 Å². The summed E-state index contributed by atoms with van der Waals surface area (Å²) in [6.07, 6.45) is 1.61. The average molecular weight is 192 g/mol. The molecule has 0 spiro atoms. The van der Waals surface area contributed by atoms with Gasteiger partial charge in [-0.05, 0) is 18.3 Å². The van der Waals surface area contributed by atoms with E-state index in [1.165, 1.54) is 0 Å². The minimum Gasteiger partial charge on any atom is -0.396 e. The maximum Gasteiger partial charge on any atom is 0.150 e. The SMILES string of the molecule is CCC(CO)C1CCS(=O)(=O)C1. The maximum absolute atomic E-state index is 11.1. The van der Waals surface area contributed by atoms with E-state index in [9.17, 15) is 8.42 Å². The molecule has 0 saturated carbocycles. The van der Waals surface area contributed by atoms with E-state index in [0.717, 1.165) is 12.8 Å². The minimum absolute atomic E-state index is 0.122. The van der Waals surface area contributed by atoms with Gasteiger partial charge in [0.05, 0.1) is 11.5 Å². The predicted octanol–water partition coefficient (Wildman–Crippen LogP) is 0.440. The molecule has 0 radical (unpaired) electrons. The maximum atomic E-state index is 11.1. The molecule has 1 rings (SSSR count). The van der Waals surface area contributed by atoms with Crippen molar-refractivity contribution in [3.8, 4) is 0 Å². The van der Waals surface area contributed by atoms with Crippen LogP contribution in [0.1, 0.15) is 19.8 Å². The first-order valence-electron chi connectivity index (χ1n) is 4.40. The molecule has 0 aromatic heterocycles. The molecule has 0 amide bonds. The van der Waals surface area contributed by atoms with Gasteiger partial charge >= 0.3 is 0 Å². The Bertz CT molecular complexity index is 229. The van der Waals surface area contributed by atoms with Gasteiger partial charge in [0.2, 0.25) is 0 Å². The molecular weight excluding hydrogens is 176 g/mol. The first kappa shape index (κ1) is 9.99. The van der Waals surface area contributed by atoms with E-state index in [2.05, 4.69) is 0 Å². The van der Waals surface area contributed by atoms with Crippen molar-refractivity contribution >= 4 is 9.84 Å². The van der Waals surface area contributed by atoms with Crippen LogP contribution in [0, 0.1) is 11.8 Å². The van der Waals surface area contributed by atoms with Gasteiger partial charge in [0, 0.05) is 6.61 Å². The van der Waals surface area contributed by atoms with Crippen LogP contribution in [-0.4, -0.2) is 31.6 Å². The molecule has 2 atom stereocenters. The van der Waals surface area contributed by atoms with E-state index in [1.807, 2.05) is 6.92 Å². The number of hydrogen-bond acceptors (Lipinski definition) is 3. The molecule has 4 heteroatoms. The van der Waals surface area contributed by atoms with Crippen LogP contribution >= 0.6 is 0 Å². The Labute approximate surface area is 73.7 Å². The molecular formula is C8H16O3S. The number of aliphatic hydroxyl groups is 1. The summed E-state index contributed by atoms with van der Waals surface area (Å²) in [5.74, 6) is 0.979. The Kier molecular flexibility index (Phi) is 3.12. The van der Waals surface area contributed by atoms with Gasteiger partial charge in [-0.1, -0.05) is 13.3 Å². The molecule has 0 aliphatic carbocycles. The van der Waals surface area contributed by atoms with Crippen LogP contribution in [0.25, 0.3) is 0 Å². The molecule has 1 N–H and O–H groups in total. The van der Waals surface area contributed by atoms with Crippen LogP contribution in [0.3, 0.4) is 0 Å². The lowest BCUT2D eigenvalue weighted by Crippen LogP contribution is -2.18. The lowest BCUT2D eigenvalue weighted by atomic mass is 9.90. The zero-order valence-electron chi connectivity index (χ0n) is 7.36. The summed E-state index contributed by atoms with van der Waals surface area (Å²) in [7, 11) is -2.77. The highest BCUT2D eigenvalue weighted by Gasteiger charge is 2.32. The Hall–Kier alpha value is -0.0900. The van der Waals surface area contributed by atoms with Crippen molar-refractivity contribution in [3.05, 3.63) is 0 Å². The summed E-state index contributed by atoms with van der Waals surface area (Å²) < 4.78 is 22.2. The van der Waals surface area contributed by atoms with Crippen LogP contribution < -0.4 is 0 Å². The number of aliphatic hydroxyl groups excluding tert-OH is 1. The Morgan fingerprint density at radius 1 is 1.58 bits per heavy atom. The summed E-state index contributed by atoms with van der Waals surface area (Å²) in [5.41, 5.74) is 0. The van der Waals surface area contributed by atoms with E-state index in [-0.39, 0.29) is 24.2 Å². The standard InChI is InChI=1S/C8H16O3S/c1-2-7(5-9)8-3-4-12(10,11)6-8/h7-9H,2-6H2,1H3. The Morgan fingerprint density at radius 2 is 2.25 bits per heavy atom. The van der Waals surface area contributed by atoms with Crippen LogP contribution in [0.15, 0.2) is 0 Å². The van der Waals surface area contributed by atoms with E-state index in [4.69, 9.17) is 5.11 Å². The number of sulfone groups is 1. The first-order valence-corrected chi connectivity index (χ1v) is 6.22. The van der Waals surface area contributed by atoms with Gasteiger partial charge < -0.3 is 5.11 Å². The summed E-state index contributed by atoms with van der Waals surface area (Å²) in [5, 5.41) is 8.96. The summed E-state index contributed by atoms with van der Waals surface area (Å²) in [6, 6.07) is 0. The fourth-order valence-electron chi connectivity index (χ4n) is 1.81. The second-order valence-electron chi connectivity index (χ2n) is 3.51. The van der Waals surface area contributed by atoms with E-state index in [1.54, 1.807) is 0 Å². The third-order valence-electron chi connectivity index (χ3n) is 2.69. The van der Waals surface area contributed by atoms with Gasteiger partial charge in [-0.25, -0.2) is 8.42 Å². The monoisotopic (exact) mass is 192 g/mol. The molecule has 1 fully saturated rings. The van der Waals surface area contributed by atoms with Crippen molar-refractivity contribution in [1.29, 1.82) is 0 Å². The normalized spacial score (nSPS) is 30.3. The molecule has 0 aromatic rings. The van der Waals surface area contributed by atoms with Gasteiger partial charge in [0.15, 0.2) is 9.84 Å². The molecule has 1 aliphatic heterocycles. The van der Waals surface area contributed by atoms with Crippen LogP contribution in [-0.2, 0) is 9.84 Å². The van der Waals surface area contributed by atoms with E-state index >= 15 is 0 Å². The van der Waals surface area contributed by atoms with Gasteiger partial charge in [0.1, 0.15) is 0 Å². The molecule has 72 valence electrons. The average Bonchev–Trinajstić information content (AvgIpc) is 2.34. The minimum atomic E-state index is -2.77. The van der Waals surface area contributed by atoms with Crippen LogP contribution in [0.5, 0.6) is 0 Å². The van der Waals surface area contributed by atoms with Crippen molar-refractivity contribution in [2.75, 3.05) is 18.1 Å². The van der Waals surface area contributed by atoms with Crippen molar-refractivity contribution in [2.24, 2.45) is 11.8 Å². The zero-order valence-corrected chi connectivity index (χ0v) is 8.18. The summed E-state index contributed by atoms with van der Waals surface area (Å²) >= 11 is 0. The molecule has 0 bridgehead atoms. The van der Waals surface area contributed by atoms with Crippen molar-refractivity contribution < 1.29 is 13.5 Å². The van der Waals surface area contributed by atoms with Gasteiger partial charge in [-0.3, -0.25) is 0 Å². The smallest absolute Gasteiger partial charge is 0.150 e. The van der Waals surface area contributed by atoms with E-state index < -0.39 is 9.84 Å². The van der Waals surface area contributed by atoms with Crippen LogP contribution in [0.4, 0.5) is 0 Å². The largest absolute Gasteiger partial charge is 0.396 e.